The predicted octanol–water partition coefficient (Wildman–Crippen LogP) is 3.67. The van der Waals surface area contributed by atoms with Crippen LogP contribution in [0.15, 0.2) is 29.2 Å². The Kier molecular flexibility index (Phi) is 3.92. The third kappa shape index (κ3) is 2.99. The highest BCUT2D eigenvalue weighted by Gasteiger charge is 2.26. The van der Waals surface area contributed by atoms with Gasteiger partial charge in [-0.1, -0.05) is 22.8 Å². The highest BCUT2D eigenvalue weighted by molar-refractivity contribution is 8.99. The van der Waals surface area contributed by atoms with Crippen LogP contribution in [0, 0.1) is 10.1 Å². The molecule has 1 atom stereocenters. The summed E-state index contributed by atoms with van der Waals surface area (Å²) in [6.07, 6.45) is 0. The van der Waals surface area contributed by atoms with Crippen LogP contribution in [0.5, 0.6) is 0 Å². The minimum absolute atomic E-state index is 0.0982. The molecule has 0 bridgehead atoms. The van der Waals surface area contributed by atoms with E-state index in [1.807, 2.05) is 0 Å². The zero-order chi connectivity index (χ0) is 11.6. The fourth-order valence-electron chi connectivity index (χ4n) is 1.15. The topological polar surface area (TPSA) is 52.4 Å². The molecular weight excluding hydrogens is 285 g/mol. The lowest BCUT2D eigenvalue weighted by Gasteiger charge is -2.11. The van der Waals surface area contributed by atoms with E-state index in [9.17, 15) is 10.1 Å². The molecule has 1 heterocycles. The van der Waals surface area contributed by atoms with Crippen LogP contribution in [0.2, 0.25) is 0 Å². The Bertz CT molecular complexity index is 440. The predicted molar refractivity (Wildman–Crippen MR) is 71.6 cm³/mol. The van der Waals surface area contributed by atoms with Gasteiger partial charge in [0.25, 0.3) is 5.69 Å². The first-order valence-corrected chi connectivity index (χ1v) is 10.2. The Hall–Kier alpha value is -0.0700. The lowest BCUT2D eigenvalue weighted by atomic mass is 10.3. The van der Waals surface area contributed by atoms with E-state index >= 15 is 0 Å². The lowest BCUT2D eigenvalue weighted by Crippen LogP contribution is -1.86. The summed E-state index contributed by atoms with van der Waals surface area (Å²) >= 11 is 8.61. The summed E-state index contributed by atoms with van der Waals surface area (Å²) in [5, 5.41) is 10.5. The smallest absolute Gasteiger partial charge is 0.269 e. The van der Waals surface area contributed by atoms with Gasteiger partial charge in [-0.2, -0.15) is 0 Å². The molecule has 0 spiro atoms. The van der Waals surface area contributed by atoms with Gasteiger partial charge in [-0.3, -0.25) is 10.1 Å². The standard InChI is InChI=1S/C8H8NO3PS3/c10-9(11)7-1-3-8(4-2-7)16-13(14)12-5-6-15-13/h1-4H,5-6H2. The molecule has 2 rings (SSSR count). The Morgan fingerprint density at radius 3 is 2.69 bits per heavy atom. The van der Waals surface area contributed by atoms with Crippen molar-refractivity contribution in [2.24, 2.45) is 0 Å². The van der Waals surface area contributed by atoms with Crippen LogP contribution in [0.4, 0.5) is 5.69 Å². The van der Waals surface area contributed by atoms with Gasteiger partial charge in [0.05, 0.1) is 11.5 Å². The number of hydrogen-bond acceptors (Lipinski definition) is 6. The van der Waals surface area contributed by atoms with Crippen molar-refractivity contribution in [2.75, 3.05) is 12.4 Å². The Morgan fingerprint density at radius 2 is 2.19 bits per heavy atom. The van der Waals surface area contributed by atoms with Crippen molar-refractivity contribution in [3.05, 3.63) is 34.4 Å². The molecule has 0 amide bonds. The van der Waals surface area contributed by atoms with Gasteiger partial charge in [-0.15, -0.1) is 0 Å². The van der Waals surface area contributed by atoms with Crippen LogP contribution in [0.25, 0.3) is 0 Å². The Labute approximate surface area is 106 Å². The normalized spacial score (nSPS) is 24.5. The first kappa shape index (κ1) is 12.4. The number of non-ortho nitro benzene ring substituents is 1. The van der Waals surface area contributed by atoms with Crippen LogP contribution in [0.3, 0.4) is 0 Å². The third-order valence-corrected chi connectivity index (χ3v) is 10.7. The van der Waals surface area contributed by atoms with E-state index in [2.05, 4.69) is 0 Å². The fraction of sp³-hybridized carbons (Fsp3) is 0.250. The number of benzene rings is 1. The molecule has 86 valence electrons. The maximum Gasteiger partial charge on any atom is 0.269 e. The van der Waals surface area contributed by atoms with Gasteiger partial charge >= 0.3 is 0 Å². The second-order valence-corrected chi connectivity index (χ2v) is 13.5. The van der Waals surface area contributed by atoms with Gasteiger partial charge in [0.2, 0.25) is 0 Å². The van der Waals surface area contributed by atoms with Gasteiger partial charge < -0.3 is 4.52 Å². The van der Waals surface area contributed by atoms with E-state index in [1.54, 1.807) is 23.5 Å². The molecule has 1 fully saturated rings. The van der Waals surface area contributed by atoms with Crippen LogP contribution in [0.1, 0.15) is 0 Å². The number of hydrogen-bond donors (Lipinski definition) is 0. The maximum absolute atomic E-state index is 10.5. The Morgan fingerprint density at radius 1 is 1.50 bits per heavy atom. The fourth-order valence-corrected chi connectivity index (χ4v) is 9.27. The first-order valence-electron chi connectivity index (χ1n) is 4.42. The molecule has 0 aliphatic carbocycles. The monoisotopic (exact) mass is 293 g/mol. The molecule has 1 unspecified atom stereocenters. The average molecular weight is 293 g/mol. The summed E-state index contributed by atoms with van der Waals surface area (Å²) in [5.74, 6) is 0.942. The summed E-state index contributed by atoms with van der Waals surface area (Å²) in [5.41, 5.74) is 0.0982. The van der Waals surface area contributed by atoms with Crippen LogP contribution < -0.4 is 0 Å². The van der Waals surface area contributed by atoms with Crippen molar-refractivity contribution >= 4 is 44.9 Å². The first-order chi connectivity index (χ1) is 7.59. The molecule has 1 saturated heterocycles. The van der Waals surface area contributed by atoms with Crippen molar-refractivity contribution in [2.45, 2.75) is 4.90 Å². The SMILES string of the molecule is O=[N+]([O-])c1ccc(SP2(=S)OCCS2)cc1. The zero-order valence-electron chi connectivity index (χ0n) is 8.07. The van der Waals surface area contributed by atoms with Crippen molar-refractivity contribution in [3.63, 3.8) is 0 Å². The number of rotatable bonds is 3. The molecule has 1 aliphatic heterocycles. The molecule has 1 aliphatic rings. The summed E-state index contributed by atoms with van der Waals surface area (Å²) in [7, 11) is 0. The highest BCUT2D eigenvalue weighted by Crippen LogP contribution is 2.75. The molecule has 16 heavy (non-hydrogen) atoms. The number of nitro benzene ring substituents is 1. The molecule has 8 heteroatoms. The highest BCUT2D eigenvalue weighted by atomic mass is 33.2. The van der Waals surface area contributed by atoms with Gasteiger partial charge in [0, 0.05) is 22.8 Å². The number of nitro groups is 1. The van der Waals surface area contributed by atoms with Gasteiger partial charge in [-0.05, 0) is 23.9 Å². The van der Waals surface area contributed by atoms with Crippen LogP contribution in [-0.2, 0) is 16.3 Å². The van der Waals surface area contributed by atoms with Crippen molar-refractivity contribution in [1.82, 2.24) is 0 Å². The Balaban J connectivity index is 2.10. The van der Waals surface area contributed by atoms with Crippen molar-refractivity contribution in [1.29, 1.82) is 0 Å². The molecule has 4 nitrogen and oxygen atoms in total. The van der Waals surface area contributed by atoms with E-state index in [1.165, 1.54) is 23.5 Å². The summed E-state index contributed by atoms with van der Waals surface area (Å²) in [6, 6.07) is 6.42. The van der Waals surface area contributed by atoms with Gasteiger partial charge in [0.1, 0.15) is 0 Å². The maximum atomic E-state index is 10.5. The molecular formula is C8H8NO3PS3. The van der Waals surface area contributed by atoms with E-state index in [0.29, 0.717) is 6.61 Å². The van der Waals surface area contributed by atoms with E-state index < -0.39 is 9.59 Å². The molecule has 0 saturated carbocycles. The minimum atomic E-state index is -1.83. The second-order valence-electron chi connectivity index (χ2n) is 2.96. The number of nitrogens with zero attached hydrogens (tertiary/aromatic N) is 1. The van der Waals surface area contributed by atoms with E-state index in [-0.39, 0.29) is 5.69 Å². The quantitative estimate of drug-likeness (QED) is 0.481. The summed E-state index contributed by atoms with van der Waals surface area (Å²) in [6.45, 7) is 0.710. The van der Waals surface area contributed by atoms with Crippen LogP contribution in [-0.4, -0.2) is 17.3 Å². The zero-order valence-corrected chi connectivity index (χ0v) is 11.4. The van der Waals surface area contributed by atoms with Crippen molar-refractivity contribution in [3.8, 4) is 0 Å². The van der Waals surface area contributed by atoms with E-state index in [4.69, 9.17) is 16.3 Å². The summed E-state index contributed by atoms with van der Waals surface area (Å²) in [4.78, 5) is 11.0. The lowest BCUT2D eigenvalue weighted by molar-refractivity contribution is -0.384. The average Bonchev–Trinajstić information content (AvgIpc) is 2.65. The molecule has 0 radical (unpaired) electrons. The summed E-state index contributed by atoms with van der Waals surface area (Å²) < 4.78 is 3.71. The minimum Gasteiger partial charge on any atom is -0.333 e. The molecule has 1 aromatic rings. The second kappa shape index (κ2) is 5.06. The van der Waals surface area contributed by atoms with E-state index in [0.717, 1.165) is 10.6 Å². The van der Waals surface area contributed by atoms with Crippen molar-refractivity contribution < 1.29 is 9.45 Å². The molecule has 0 N–H and O–H groups in total. The van der Waals surface area contributed by atoms with Gasteiger partial charge in [0.15, 0.2) is 4.67 Å². The largest absolute Gasteiger partial charge is 0.333 e. The third-order valence-electron chi connectivity index (χ3n) is 1.85. The van der Waals surface area contributed by atoms with Crippen LogP contribution >= 0.6 is 27.4 Å². The van der Waals surface area contributed by atoms with Gasteiger partial charge in [-0.25, -0.2) is 0 Å². The molecule has 0 aromatic heterocycles. The molecule has 1 aromatic carbocycles.